The van der Waals surface area contributed by atoms with Crippen LogP contribution in [0.15, 0.2) is 63.9 Å². The normalized spacial score (nSPS) is 16.6. The van der Waals surface area contributed by atoms with Gasteiger partial charge in [-0.2, -0.15) is 5.26 Å². The maximum Gasteiger partial charge on any atom is 0.277 e. The number of rotatable bonds is 3. The predicted octanol–water partition coefficient (Wildman–Crippen LogP) is 1.03. The molecule has 2 aromatic carbocycles. The van der Waals surface area contributed by atoms with E-state index < -0.39 is 31.5 Å². The Hall–Kier alpha value is -3.16. The first kappa shape index (κ1) is 18.6. The quantitative estimate of drug-likeness (QED) is 0.581. The number of hydrogen-bond donors (Lipinski definition) is 2. The summed E-state index contributed by atoms with van der Waals surface area (Å²) in [6.07, 6.45) is 0. The van der Waals surface area contributed by atoms with Gasteiger partial charge in [-0.25, -0.2) is 21.6 Å². The minimum Gasteiger partial charge on any atom is -0.277 e. The minimum absolute atomic E-state index is 0.0954. The maximum atomic E-state index is 12.4. The molecule has 3 rings (SSSR count). The molecule has 0 atom stereocenters. The van der Waals surface area contributed by atoms with Crippen LogP contribution in [0.4, 0.5) is 0 Å². The molecule has 0 fully saturated rings. The lowest BCUT2D eigenvalue weighted by Gasteiger charge is -2.08. The molecule has 27 heavy (non-hydrogen) atoms. The lowest BCUT2D eigenvalue weighted by Crippen LogP contribution is -2.32. The fourth-order valence-electron chi connectivity index (χ4n) is 2.51. The number of carbonyl (C=O) groups excluding carboxylic acids is 1. The number of carbonyl (C=O) groups is 1. The SMILES string of the molecule is Cc1ccc(S(=O)(=O)NC(=O)C(C#N)=C2NS(=O)(=O)c3ccccc32)cc1. The van der Waals surface area contributed by atoms with Crippen molar-refractivity contribution >= 4 is 31.7 Å². The third kappa shape index (κ3) is 3.42. The van der Waals surface area contributed by atoms with Crippen LogP contribution in [-0.4, -0.2) is 22.7 Å². The van der Waals surface area contributed by atoms with Gasteiger partial charge < -0.3 is 0 Å². The molecular weight excluding hydrogens is 390 g/mol. The van der Waals surface area contributed by atoms with E-state index >= 15 is 0 Å². The molecule has 8 nitrogen and oxygen atoms in total. The van der Waals surface area contributed by atoms with E-state index in [1.807, 2.05) is 0 Å². The van der Waals surface area contributed by atoms with Gasteiger partial charge in [0, 0.05) is 5.56 Å². The molecule has 0 spiro atoms. The molecule has 1 heterocycles. The van der Waals surface area contributed by atoms with Crippen molar-refractivity contribution in [2.24, 2.45) is 0 Å². The van der Waals surface area contributed by atoms with E-state index in [0.717, 1.165) is 5.56 Å². The monoisotopic (exact) mass is 403 g/mol. The van der Waals surface area contributed by atoms with Gasteiger partial charge in [0.15, 0.2) is 0 Å². The number of nitriles is 1. The fraction of sp³-hybridized carbons (Fsp3) is 0.0588. The molecular formula is C17H13N3O5S2. The van der Waals surface area contributed by atoms with Gasteiger partial charge in [-0.3, -0.25) is 9.52 Å². The Morgan fingerprint density at radius 1 is 1.11 bits per heavy atom. The third-order valence-electron chi connectivity index (χ3n) is 3.83. The molecule has 1 amide bonds. The lowest BCUT2D eigenvalue weighted by molar-refractivity contribution is -0.115. The highest BCUT2D eigenvalue weighted by Gasteiger charge is 2.34. The fourth-order valence-corrected chi connectivity index (χ4v) is 4.77. The summed E-state index contributed by atoms with van der Waals surface area (Å²) in [4.78, 5) is 12.2. The van der Waals surface area contributed by atoms with Gasteiger partial charge in [0.1, 0.15) is 11.6 Å². The molecule has 0 saturated carbocycles. The Kier molecular flexibility index (Phi) is 4.51. The molecule has 0 radical (unpaired) electrons. The van der Waals surface area contributed by atoms with Crippen molar-refractivity contribution in [3.63, 3.8) is 0 Å². The van der Waals surface area contributed by atoms with E-state index in [0.29, 0.717) is 0 Å². The molecule has 2 N–H and O–H groups in total. The van der Waals surface area contributed by atoms with Crippen LogP contribution < -0.4 is 9.44 Å². The van der Waals surface area contributed by atoms with Gasteiger partial charge in [-0.1, -0.05) is 35.9 Å². The highest BCUT2D eigenvalue weighted by Crippen LogP contribution is 2.31. The average Bonchev–Trinajstić information content (AvgIpc) is 2.87. The van der Waals surface area contributed by atoms with E-state index in [9.17, 15) is 26.9 Å². The van der Waals surface area contributed by atoms with E-state index in [1.54, 1.807) is 29.8 Å². The Labute approximate surface area is 156 Å². The molecule has 0 aliphatic carbocycles. The van der Waals surface area contributed by atoms with Gasteiger partial charge >= 0.3 is 0 Å². The van der Waals surface area contributed by atoms with E-state index in [4.69, 9.17) is 0 Å². The summed E-state index contributed by atoms with van der Waals surface area (Å²) in [6, 6.07) is 13.1. The summed E-state index contributed by atoms with van der Waals surface area (Å²) in [5.74, 6) is -1.23. The zero-order chi connectivity index (χ0) is 19.8. The molecule has 10 heteroatoms. The summed E-state index contributed by atoms with van der Waals surface area (Å²) in [5, 5.41) is 9.36. The van der Waals surface area contributed by atoms with Crippen molar-refractivity contribution in [3.05, 3.63) is 65.2 Å². The van der Waals surface area contributed by atoms with Crippen molar-refractivity contribution in [3.8, 4) is 6.07 Å². The van der Waals surface area contributed by atoms with Crippen molar-refractivity contribution < 1.29 is 21.6 Å². The number of nitrogens with zero attached hydrogens (tertiary/aromatic N) is 1. The number of aryl methyl sites for hydroxylation is 1. The van der Waals surface area contributed by atoms with E-state index in [-0.39, 0.29) is 21.1 Å². The summed E-state index contributed by atoms with van der Waals surface area (Å²) < 4.78 is 52.9. The molecule has 0 saturated heterocycles. The lowest BCUT2D eigenvalue weighted by atomic mass is 10.1. The first-order valence-corrected chi connectivity index (χ1v) is 10.5. The van der Waals surface area contributed by atoms with Crippen LogP contribution in [0.5, 0.6) is 0 Å². The zero-order valence-electron chi connectivity index (χ0n) is 13.9. The highest BCUT2D eigenvalue weighted by atomic mass is 32.2. The Morgan fingerprint density at radius 2 is 1.74 bits per heavy atom. The first-order valence-electron chi connectivity index (χ1n) is 7.56. The van der Waals surface area contributed by atoms with Crippen LogP contribution in [0.3, 0.4) is 0 Å². The average molecular weight is 403 g/mol. The van der Waals surface area contributed by atoms with Crippen molar-refractivity contribution in [1.29, 1.82) is 5.26 Å². The van der Waals surface area contributed by atoms with Gasteiger partial charge in [0.05, 0.1) is 15.5 Å². The molecule has 2 aromatic rings. The molecule has 0 unspecified atom stereocenters. The number of hydrogen-bond acceptors (Lipinski definition) is 6. The largest absolute Gasteiger partial charge is 0.277 e. The highest BCUT2D eigenvalue weighted by molar-refractivity contribution is 7.90. The number of amides is 1. The molecule has 0 bridgehead atoms. The van der Waals surface area contributed by atoms with E-state index in [1.165, 1.54) is 36.4 Å². The van der Waals surface area contributed by atoms with Crippen LogP contribution in [0.1, 0.15) is 11.1 Å². The number of fused-ring (bicyclic) bond motifs is 1. The number of benzene rings is 2. The second-order valence-corrected chi connectivity index (χ2v) is 9.04. The smallest absolute Gasteiger partial charge is 0.277 e. The number of nitrogens with one attached hydrogen (secondary N) is 2. The maximum absolute atomic E-state index is 12.4. The van der Waals surface area contributed by atoms with Crippen molar-refractivity contribution in [2.75, 3.05) is 0 Å². The van der Waals surface area contributed by atoms with Crippen LogP contribution in [0.2, 0.25) is 0 Å². The molecule has 138 valence electrons. The summed E-state index contributed by atoms with van der Waals surface area (Å²) in [5.41, 5.74) is 0.0397. The second-order valence-electron chi connectivity index (χ2n) is 5.71. The molecule has 1 aliphatic heterocycles. The number of sulfonamides is 2. The molecule has 1 aliphatic rings. The Morgan fingerprint density at radius 3 is 2.37 bits per heavy atom. The molecule has 0 aromatic heterocycles. The van der Waals surface area contributed by atoms with Gasteiger partial charge in [0.25, 0.3) is 26.0 Å². The standard InChI is InChI=1S/C17H13N3O5S2/c1-11-6-8-12(9-7-11)26(22,23)20-17(21)14(10-18)16-13-4-2-3-5-15(13)27(24,25)19-16/h2-9,19H,1H3,(H,20,21). The third-order valence-corrected chi connectivity index (χ3v) is 6.58. The Balaban J connectivity index is 2.02. The van der Waals surface area contributed by atoms with Crippen molar-refractivity contribution in [1.82, 2.24) is 9.44 Å². The Bertz CT molecular complexity index is 1220. The van der Waals surface area contributed by atoms with Crippen LogP contribution in [0.25, 0.3) is 5.70 Å². The summed E-state index contributed by atoms with van der Waals surface area (Å²) in [7, 11) is -8.16. The zero-order valence-corrected chi connectivity index (χ0v) is 15.6. The van der Waals surface area contributed by atoms with E-state index in [2.05, 4.69) is 4.72 Å². The van der Waals surface area contributed by atoms with Gasteiger partial charge in [-0.05, 0) is 25.1 Å². The summed E-state index contributed by atoms with van der Waals surface area (Å²) in [6.45, 7) is 1.77. The van der Waals surface area contributed by atoms with Crippen LogP contribution in [-0.2, 0) is 24.8 Å². The predicted molar refractivity (Wildman–Crippen MR) is 95.8 cm³/mol. The topological polar surface area (TPSA) is 133 Å². The van der Waals surface area contributed by atoms with Crippen LogP contribution in [0, 0.1) is 18.3 Å². The first-order chi connectivity index (χ1) is 12.7. The minimum atomic E-state index is -4.23. The van der Waals surface area contributed by atoms with Crippen LogP contribution >= 0.6 is 0 Å². The van der Waals surface area contributed by atoms with Gasteiger partial charge in [0.2, 0.25) is 0 Å². The van der Waals surface area contributed by atoms with Gasteiger partial charge in [-0.15, -0.1) is 0 Å². The second kappa shape index (κ2) is 6.53. The van der Waals surface area contributed by atoms with Crippen molar-refractivity contribution in [2.45, 2.75) is 16.7 Å². The summed E-state index contributed by atoms with van der Waals surface area (Å²) >= 11 is 0.